The monoisotopic (exact) mass is 346 g/mol. The van der Waals surface area contributed by atoms with Crippen LogP contribution in [0.2, 0.25) is 0 Å². The minimum atomic E-state index is -0.962. The van der Waals surface area contributed by atoms with E-state index in [4.69, 9.17) is 5.11 Å². The van der Waals surface area contributed by atoms with Crippen LogP contribution in [0.4, 0.5) is 5.69 Å². The number of hydrogen-bond acceptors (Lipinski definition) is 3. The van der Waals surface area contributed by atoms with Crippen molar-refractivity contribution in [3.8, 4) is 0 Å². The Hall–Kier alpha value is -2.37. The van der Waals surface area contributed by atoms with Gasteiger partial charge in [-0.3, -0.25) is 14.4 Å². The third-order valence-corrected chi connectivity index (χ3v) is 5.03. The number of rotatable bonds is 7. The molecule has 0 radical (unpaired) electrons. The van der Waals surface area contributed by atoms with Gasteiger partial charge in [-0.1, -0.05) is 26.8 Å². The lowest BCUT2D eigenvalue weighted by Crippen LogP contribution is -2.51. The Morgan fingerprint density at radius 2 is 1.96 bits per heavy atom. The molecule has 0 bridgehead atoms. The molecule has 25 heavy (non-hydrogen) atoms. The summed E-state index contributed by atoms with van der Waals surface area (Å²) in [5.41, 5.74) is 0.103. The van der Waals surface area contributed by atoms with Crippen molar-refractivity contribution in [2.24, 2.45) is 17.8 Å². The minimum Gasteiger partial charge on any atom is -0.481 e. The lowest BCUT2D eigenvalue weighted by Gasteiger charge is -2.33. The Morgan fingerprint density at radius 1 is 1.32 bits per heavy atom. The third kappa shape index (κ3) is 4.81. The van der Waals surface area contributed by atoms with Crippen molar-refractivity contribution in [1.29, 1.82) is 0 Å². The van der Waals surface area contributed by atoms with Gasteiger partial charge in [0.05, 0.1) is 12.0 Å². The van der Waals surface area contributed by atoms with Crippen molar-refractivity contribution in [3.05, 3.63) is 29.8 Å². The first-order chi connectivity index (χ1) is 11.6. The zero-order chi connectivity index (χ0) is 18.8. The maximum atomic E-state index is 12.6. The van der Waals surface area contributed by atoms with E-state index < -0.39 is 11.5 Å². The Labute approximate surface area is 148 Å². The lowest BCUT2D eigenvalue weighted by atomic mass is 9.85. The van der Waals surface area contributed by atoms with Crippen LogP contribution in [0, 0.1) is 17.8 Å². The van der Waals surface area contributed by atoms with E-state index in [1.54, 1.807) is 31.2 Å². The van der Waals surface area contributed by atoms with Crippen LogP contribution in [0.15, 0.2) is 24.3 Å². The first-order valence-corrected chi connectivity index (χ1v) is 8.57. The summed E-state index contributed by atoms with van der Waals surface area (Å²) in [5, 5.41) is 14.8. The van der Waals surface area contributed by atoms with Crippen molar-refractivity contribution < 1.29 is 19.5 Å². The van der Waals surface area contributed by atoms with Crippen LogP contribution in [0.3, 0.4) is 0 Å². The molecule has 0 spiro atoms. The molecule has 0 saturated heterocycles. The van der Waals surface area contributed by atoms with Crippen LogP contribution >= 0.6 is 0 Å². The van der Waals surface area contributed by atoms with Crippen molar-refractivity contribution in [2.45, 2.75) is 46.1 Å². The first-order valence-electron chi connectivity index (χ1n) is 8.57. The zero-order valence-corrected chi connectivity index (χ0v) is 15.1. The molecule has 0 aromatic heterocycles. The van der Waals surface area contributed by atoms with Crippen LogP contribution in [-0.4, -0.2) is 28.4 Å². The highest BCUT2D eigenvalue weighted by Crippen LogP contribution is 2.38. The second-order valence-corrected chi connectivity index (χ2v) is 7.49. The Morgan fingerprint density at radius 3 is 2.48 bits per heavy atom. The SMILES string of the molecule is CC1CC1C(=O)Nc1cccc(C(=O)NC(C)(CC(=O)O)C(C)C)c1. The van der Waals surface area contributed by atoms with Gasteiger partial charge < -0.3 is 15.7 Å². The quantitative estimate of drug-likeness (QED) is 0.707. The van der Waals surface area contributed by atoms with Gasteiger partial charge >= 0.3 is 5.97 Å². The highest BCUT2D eigenvalue weighted by atomic mass is 16.4. The van der Waals surface area contributed by atoms with Crippen LogP contribution < -0.4 is 10.6 Å². The summed E-state index contributed by atoms with van der Waals surface area (Å²) in [7, 11) is 0. The molecule has 2 amide bonds. The average Bonchev–Trinajstić information content (AvgIpc) is 3.23. The molecule has 1 saturated carbocycles. The fraction of sp³-hybridized carbons (Fsp3) is 0.526. The molecule has 136 valence electrons. The van der Waals surface area contributed by atoms with Crippen molar-refractivity contribution in [3.63, 3.8) is 0 Å². The molecule has 3 unspecified atom stereocenters. The average molecular weight is 346 g/mol. The van der Waals surface area contributed by atoms with Gasteiger partial charge in [0.1, 0.15) is 0 Å². The van der Waals surface area contributed by atoms with Gasteiger partial charge in [0.25, 0.3) is 5.91 Å². The summed E-state index contributed by atoms with van der Waals surface area (Å²) in [4.78, 5) is 35.7. The van der Waals surface area contributed by atoms with E-state index in [0.717, 1.165) is 6.42 Å². The number of aliphatic carboxylic acids is 1. The van der Waals surface area contributed by atoms with Gasteiger partial charge in [0, 0.05) is 17.2 Å². The number of nitrogens with one attached hydrogen (secondary N) is 2. The molecule has 3 N–H and O–H groups in total. The summed E-state index contributed by atoms with van der Waals surface area (Å²) >= 11 is 0. The fourth-order valence-corrected chi connectivity index (χ4v) is 2.70. The number of anilines is 1. The number of carboxylic acids is 1. The molecule has 1 aromatic rings. The van der Waals surface area contributed by atoms with Gasteiger partial charge in [-0.05, 0) is 43.4 Å². The molecule has 0 aliphatic heterocycles. The van der Waals surface area contributed by atoms with E-state index in [1.165, 1.54) is 0 Å². The summed E-state index contributed by atoms with van der Waals surface area (Å²) in [5.74, 6) is -0.925. The van der Waals surface area contributed by atoms with E-state index in [-0.39, 0.29) is 30.1 Å². The van der Waals surface area contributed by atoms with E-state index in [9.17, 15) is 14.4 Å². The summed E-state index contributed by atoms with van der Waals surface area (Å²) in [6.45, 7) is 7.50. The van der Waals surface area contributed by atoms with Gasteiger partial charge in [-0.25, -0.2) is 0 Å². The Kier molecular flexibility index (Phi) is 5.50. The summed E-state index contributed by atoms with van der Waals surface area (Å²) < 4.78 is 0. The standard InChI is InChI=1S/C19H26N2O4/c1-11(2)19(4,10-16(22)23)21-17(24)13-6-5-7-14(9-13)20-18(25)15-8-12(15)3/h5-7,9,11-12,15H,8,10H2,1-4H3,(H,20,25)(H,21,24)(H,22,23). The van der Waals surface area contributed by atoms with Crippen LogP contribution in [0.25, 0.3) is 0 Å². The second-order valence-electron chi connectivity index (χ2n) is 7.49. The third-order valence-electron chi connectivity index (χ3n) is 5.03. The van der Waals surface area contributed by atoms with Crippen molar-refractivity contribution in [1.82, 2.24) is 5.32 Å². The Bertz CT molecular complexity index is 686. The molecule has 3 atom stereocenters. The highest BCUT2D eigenvalue weighted by Gasteiger charge is 2.39. The van der Waals surface area contributed by atoms with Gasteiger partial charge in [-0.2, -0.15) is 0 Å². The molecule has 1 aliphatic carbocycles. The summed E-state index contributed by atoms with van der Waals surface area (Å²) in [6.07, 6.45) is 0.736. The molecule has 6 heteroatoms. The number of carbonyl (C=O) groups is 3. The van der Waals surface area contributed by atoms with E-state index >= 15 is 0 Å². The molecular formula is C19H26N2O4. The molecule has 1 fully saturated rings. The maximum absolute atomic E-state index is 12.6. The molecular weight excluding hydrogens is 320 g/mol. The Balaban J connectivity index is 2.09. The van der Waals surface area contributed by atoms with Gasteiger partial charge in [0.2, 0.25) is 5.91 Å². The van der Waals surface area contributed by atoms with Gasteiger partial charge in [0.15, 0.2) is 0 Å². The molecule has 0 heterocycles. The minimum absolute atomic E-state index is 0.0250. The molecule has 1 aliphatic rings. The molecule has 6 nitrogen and oxygen atoms in total. The number of hydrogen-bond donors (Lipinski definition) is 3. The smallest absolute Gasteiger partial charge is 0.305 e. The molecule has 1 aromatic carbocycles. The number of carboxylic acid groups (broad SMARTS) is 1. The van der Waals surface area contributed by atoms with E-state index in [0.29, 0.717) is 17.2 Å². The van der Waals surface area contributed by atoms with Gasteiger partial charge in [-0.15, -0.1) is 0 Å². The molecule has 2 rings (SSSR count). The normalized spacial score (nSPS) is 21.3. The number of carbonyl (C=O) groups excluding carboxylic acids is 2. The topological polar surface area (TPSA) is 95.5 Å². The lowest BCUT2D eigenvalue weighted by molar-refractivity contribution is -0.139. The first kappa shape index (κ1) is 19.0. The summed E-state index contributed by atoms with van der Waals surface area (Å²) in [6, 6.07) is 6.69. The van der Waals surface area contributed by atoms with Crippen LogP contribution in [-0.2, 0) is 9.59 Å². The second kappa shape index (κ2) is 7.25. The van der Waals surface area contributed by atoms with Crippen LogP contribution in [0.1, 0.15) is 50.9 Å². The largest absolute Gasteiger partial charge is 0.481 e. The number of benzene rings is 1. The number of amides is 2. The van der Waals surface area contributed by atoms with Crippen LogP contribution in [0.5, 0.6) is 0 Å². The fourth-order valence-electron chi connectivity index (χ4n) is 2.70. The maximum Gasteiger partial charge on any atom is 0.305 e. The van der Waals surface area contributed by atoms with E-state index in [1.807, 2.05) is 20.8 Å². The van der Waals surface area contributed by atoms with E-state index in [2.05, 4.69) is 10.6 Å². The van der Waals surface area contributed by atoms with Crippen molar-refractivity contribution >= 4 is 23.5 Å². The van der Waals surface area contributed by atoms with Crippen molar-refractivity contribution in [2.75, 3.05) is 5.32 Å². The zero-order valence-electron chi connectivity index (χ0n) is 15.1. The highest BCUT2D eigenvalue weighted by molar-refractivity contribution is 5.98. The predicted octanol–water partition coefficient (Wildman–Crippen LogP) is 2.90. The predicted molar refractivity (Wildman–Crippen MR) is 95.3 cm³/mol.